The van der Waals surface area contributed by atoms with Gasteiger partial charge in [-0.15, -0.1) is 0 Å². The fourth-order valence-electron chi connectivity index (χ4n) is 6.62. The van der Waals surface area contributed by atoms with Crippen molar-refractivity contribution in [1.29, 1.82) is 0 Å². The molecule has 276 valence electrons. The predicted octanol–water partition coefficient (Wildman–Crippen LogP) is 6.74. The second-order valence-corrected chi connectivity index (χ2v) is 14.6. The maximum atomic E-state index is 13.0. The first kappa shape index (κ1) is 37.6. The summed E-state index contributed by atoms with van der Waals surface area (Å²) in [7, 11) is 4.37. The largest absolute Gasteiger partial charge is 0.506 e. The molecule has 1 aromatic heterocycles. The van der Waals surface area contributed by atoms with E-state index in [1.54, 1.807) is 24.3 Å². The Morgan fingerprint density at radius 3 is 2.43 bits per heavy atom. The van der Waals surface area contributed by atoms with Crippen LogP contribution in [0.2, 0.25) is 5.02 Å². The van der Waals surface area contributed by atoms with E-state index >= 15 is 0 Å². The van der Waals surface area contributed by atoms with Gasteiger partial charge < -0.3 is 35.1 Å². The lowest BCUT2D eigenvalue weighted by molar-refractivity contribution is -0.896. The number of phenols is 1. The topological polar surface area (TPSA) is 153 Å². The Labute approximate surface area is 313 Å². The normalized spacial score (nSPS) is 14.8. The lowest BCUT2D eigenvalue weighted by Crippen LogP contribution is -2.48. The highest BCUT2D eigenvalue weighted by Crippen LogP contribution is 2.31. The van der Waals surface area contributed by atoms with E-state index in [2.05, 4.69) is 35.0 Å². The monoisotopic (exact) mass is 738 g/mol. The van der Waals surface area contributed by atoms with E-state index in [-0.39, 0.29) is 41.8 Å². The molecule has 11 nitrogen and oxygen atoms in total. The molecule has 0 unspecified atom stereocenters. The number of fused-ring (bicyclic) bond motifs is 1. The fraction of sp³-hybridized carbons (Fsp3) is 0.293. The van der Waals surface area contributed by atoms with Crippen LogP contribution in [0, 0.1) is 0 Å². The van der Waals surface area contributed by atoms with Gasteiger partial charge in [-0.2, -0.15) is 0 Å². The Kier molecular flexibility index (Phi) is 11.8. The van der Waals surface area contributed by atoms with Gasteiger partial charge in [0.25, 0.3) is 0 Å². The number of aliphatic hydroxyl groups is 1. The average Bonchev–Trinajstić information content (AvgIpc) is 3.13. The maximum absolute atomic E-state index is 13.0. The number of aromatic hydroxyl groups is 1. The van der Waals surface area contributed by atoms with Crippen molar-refractivity contribution in [2.75, 3.05) is 44.4 Å². The summed E-state index contributed by atoms with van der Waals surface area (Å²) in [6.07, 6.45) is 0.771. The van der Waals surface area contributed by atoms with Crippen molar-refractivity contribution in [2.45, 2.75) is 44.4 Å². The van der Waals surface area contributed by atoms with Crippen LogP contribution in [0.1, 0.15) is 42.1 Å². The minimum Gasteiger partial charge on any atom is -0.506 e. The van der Waals surface area contributed by atoms with E-state index in [9.17, 15) is 24.6 Å². The minimum absolute atomic E-state index is 0.0696. The highest BCUT2D eigenvalue weighted by molar-refractivity contribution is 6.33. The Hall–Kier alpha value is -5.20. The van der Waals surface area contributed by atoms with Gasteiger partial charge in [0.05, 0.1) is 55.2 Å². The van der Waals surface area contributed by atoms with Crippen LogP contribution in [0.4, 0.5) is 16.2 Å². The van der Waals surface area contributed by atoms with E-state index in [1.807, 2.05) is 54.6 Å². The number of benzene rings is 4. The number of aromatic nitrogens is 1. The molecule has 1 aliphatic rings. The molecule has 5 aromatic rings. The van der Waals surface area contributed by atoms with Gasteiger partial charge >= 0.3 is 6.09 Å². The second kappa shape index (κ2) is 16.6. The third kappa shape index (κ3) is 9.82. The number of piperidine rings is 1. The third-order valence-electron chi connectivity index (χ3n) is 9.67. The number of nitrogens with one attached hydrogen (secondary N) is 4. The number of rotatable bonds is 12. The number of aliphatic hydroxyl groups excluding tert-OH is 1. The van der Waals surface area contributed by atoms with Crippen molar-refractivity contribution in [3.05, 3.63) is 123 Å². The van der Waals surface area contributed by atoms with Crippen molar-refractivity contribution in [2.24, 2.45) is 0 Å². The number of H-pyrrole nitrogens is 1. The van der Waals surface area contributed by atoms with Crippen molar-refractivity contribution < 1.29 is 29.0 Å². The second-order valence-electron chi connectivity index (χ2n) is 14.2. The summed E-state index contributed by atoms with van der Waals surface area (Å²) in [4.78, 5) is 40.4. The Bertz CT molecular complexity index is 2140. The Morgan fingerprint density at radius 1 is 0.925 bits per heavy atom. The Morgan fingerprint density at radius 2 is 1.68 bits per heavy atom. The average molecular weight is 739 g/mol. The Balaban J connectivity index is 1.03. The zero-order valence-corrected chi connectivity index (χ0v) is 30.6. The number of amides is 2. The SMILES string of the molecule is C[N+]1(C)CCC(OC(=O)Nc2cc(CCC(=O)Nc3ccc(CNC[C@H](O)c4ccc(O)c5[nH]c(=O)ccc45)cc3Cl)ccc2-c2ccccc2)CC1. The molecule has 0 spiro atoms. The molecule has 1 fully saturated rings. The van der Waals surface area contributed by atoms with Crippen LogP contribution in [0.5, 0.6) is 5.75 Å². The van der Waals surface area contributed by atoms with Crippen LogP contribution < -0.4 is 21.5 Å². The number of aromatic amines is 1. The highest BCUT2D eigenvalue weighted by atomic mass is 35.5. The summed E-state index contributed by atoms with van der Waals surface area (Å²) in [6, 6.07) is 27.0. The summed E-state index contributed by atoms with van der Waals surface area (Å²) < 4.78 is 6.73. The molecule has 6 N–H and O–H groups in total. The van der Waals surface area contributed by atoms with Crippen molar-refractivity contribution in [1.82, 2.24) is 10.3 Å². The van der Waals surface area contributed by atoms with Gasteiger partial charge in [0.15, 0.2) is 0 Å². The van der Waals surface area contributed by atoms with Gasteiger partial charge in [0.2, 0.25) is 11.5 Å². The smallest absolute Gasteiger partial charge is 0.411 e. The van der Waals surface area contributed by atoms with E-state index in [1.165, 1.54) is 12.1 Å². The van der Waals surface area contributed by atoms with Crippen LogP contribution in [0.3, 0.4) is 0 Å². The van der Waals surface area contributed by atoms with Gasteiger partial charge in [-0.25, -0.2) is 4.79 Å². The summed E-state index contributed by atoms with van der Waals surface area (Å²) >= 11 is 6.55. The molecular formula is C41H45ClN5O6+. The molecule has 0 aliphatic carbocycles. The molecule has 0 bridgehead atoms. The summed E-state index contributed by atoms with van der Waals surface area (Å²) in [5, 5.41) is 31.0. The van der Waals surface area contributed by atoms with Crippen LogP contribution in [-0.2, 0) is 22.5 Å². The molecule has 2 amide bonds. The number of carbonyl (C=O) groups is 2. The number of pyridine rings is 1. The molecule has 0 saturated carbocycles. The van der Waals surface area contributed by atoms with Crippen molar-refractivity contribution in [3.63, 3.8) is 0 Å². The van der Waals surface area contributed by atoms with Gasteiger partial charge in [-0.3, -0.25) is 14.9 Å². The number of likely N-dealkylation sites (tertiary alicyclic amines) is 1. The van der Waals surface area contributed by atoms with Crippen molar-refractivity contribution >= 4 is 45.9 Å². The van der Waals surface area contributed by atoms with Crippen LogP contribution in [0.15, 0.2) is 95.8 Å². The molecule has 1 atom stereocenters. The number of halogens is 1. The zero-order chi connectivity index (χ0) is 37.5. The van der Waals surface area contributed by atoms with Crippen LogP contribution in [0.25, 0.3) is 22.0 Å². The van der Waals surface area contributed by atoms with Gasteiger partial charge in [-0.1, -0.05) is 66.2 Å². The number of aryl methyl sites for hydroxylation is 1. The van der Waals surface area contributed by atoms with Gasteiger partial charge in [-0.05, 0) is 59.0 Å². The summed E-state index contributed by atoms with van der Waals surface area (Å²) in [5.41, 5.74) is 5.16. The van der Waals surface area contributed by atoms with Crippen molar-refractivity contribution in [3.8, 4) is 16.9 Å². The molecule has 4 aromatic carbocycles. The number of carbonyl (C=O) groups excluding carboxylic acids is 2. The number of ether oxygens (including phenoxy) is 1. The molecule has 2 heterocycles. The first-order valence-corrected chi connectivity index (χ1v) is 18.1. The van der Waals surface area contributed by atoms with Crippen LogP contribution >= 0.6 is 11.6 Å². The number of hydrogen-bond donors (Lipinski definition) is 6. The molecule has 6 rings (SSSR count). The zero-order valence-electron chi connectivity index (χ0n) is 29.8. The molecular weight excluding hydrogens is 694 g/mol. The summed E-state index contributed by atoms with van der Waals surface area (Å²) in [5.74, 6) is -0.275. The number of nitrogens with zero attached hydrogens (tertiary/aromatic N) is 1. The number of phenolic OH excluding ortho intramolecular Hbond substituents is 1. The third-order valence-corrected chi connectivity index (χ3v) is 9.99. The first-order chi connectivity index (χ1) is 25.4. The number of quaternary nitrogens is 1. The number of hydrogen-bond acceptors (Lipinski definition) is 7. The first-order valence-electron chi connectivity index (χ1n) is 17.7. The highest BCUT2D eigenvalue weighted by Gasteiger charge is 2.28. The van der Waals surface area contributed by atoms with E-state index in [0.717, 1.165) is 52.7 Å². The lowest BCUT2D eigenvalue weighted by atomic mass is 9.99. The van der Waals surface area contributed by atoms with Crippen LogP contribution in [-0.4, -0.2) is 71.5 Å². The van der Waals surface area contributed by atoms with Gasteiger partial charge in [0, 0.05) is 49.4 Å². The molecule has 12 heteroatoms. The standard InChI is InChI=1S/C41H44ClN5O6/c1-47(2)20-18-29(19-21-47)53-41(52)45-35-23-26(8-11-30(35)28-6-4-3-5-7-28)10-16-38(50)44-34-14-9-27(22-33(34)42)24-43-25-37(49)31-12-15-36(48)40-32(31)13-17-39(51)46-40/h3-9,11-15,17,22-23,29,37,43,49H,10,16,18-21,24-25H2,1-2H3,(H3-,44,45,46,48,50,51,52)/p+1/t37-/m0/s1. The van der Waals surface area contributed by atoms with E-state index in [0.29, 0.717) is 40.3 Å². The molecule has 0 radical (unpaired) electrons. The minimum atomic E-state index is -0.901. The lowest BCUT2D eigenvalue weighted by Gasteiger charge is -2.36. The number of anilines is 2. The quantitative estimate of drug-likeness (QED) is 0.0776. The van der Waals surface area contributed by atoms with E-state index in [4.69, 9.17) is 16.3 Å². The van der Waals surface area contributed by atoms with Gasteiger partial charge in [0.1, 0.15) is 11.9 Å². The molecule has 1 aliphatic heterocycles. The molecule has 53 heavy (non-hydrogen) atoms. The maximum Gasteiger partial charge on any atom is 0.411 e. The fourth-order valence-corrected chi connectivity index (χ4v) is 6.88. The van der Waals surface area contributed by atoms with E-state index < -0.39 is 12.2 Å². The molecule has 1 saturated heterocycles. The predicted molar refractivity (Wildman–Crippen MR) is 208 cm³/mol. The summed E-state index contributed by atoms with van der Waals surface area (Å²) in [6.45, 7) is 2.52.